The monoisotopic (exact) mass is 183 g/mol. The Morgan fingerprint density at radius 2 is 2.46 bits per heavy atom. The number of hydrogen-bond acceptors (Lipinski definition) is 2. The van der Waals surface area contributed by atoms with Gasteiger partial charge >= 0.3 is 0 Å². The largest absolute Gasteiger partial charge is 0.333 e. The number of aromatic nitrogens is 2. The van der Waals surface area contributed by atoms with Gasteiger partial charge < -0.3 is 10.3 Å². The van der Waals surface area contributed by atoms with E-state index < -0.39 is 5.67 Å². The minimum atomic E-state index is -1.26. The summed E-state index contributed by atoms with van der Waals surface area (Å²) >= 11 is 0. The zero-order valence-electron chi connectivity index (χ0n) is 7.70. The molecule has 2 N–H and O–H groups in total. The molecule has 13 heavy (non-hydrogen) atoms. The number of imidazole rings is 1. The number of aryl methyl sites for hydroxylation is 1. The van der Waals surface area contributed by atoms with E-state index in [-0.39, 0.29) is 6.04 Å². The summed E-state index contributed by atoms with van der Waals surface area (Å²) in [5.74, 6) is 0.539. The van der Waals surface area contributed by atoms with Gasteiger partial charge in [-0.15, -0.1) is 0 Å². The van der Waals surface area contributed by atoms with Crippen LogP contribution in [0, 0.1) is 0 Å². The second-order valence-corrected chi connectivity index (χ2v) is 3.67. The smallest absolute Gasteiger partial charge is 0.171 e. The fourth-order valence-electron chi connectivity index (χ4n) is 1.91. The van der Waals surface area contributed by atoms with Crippen molar-refractivity contribution in [2.75, 3.05) is 0 Å². The summed E-state index contributed by atoms with van der Waals surface area (Å²) in [5.41, 5.74) is 4.31. The Hall–Kier alpha value is -0.900. The standard InChI is InChI=1S/C9H14FN3/c1-2-13-4-3-12-8(13)9(10)5-7(11)6-9/h3-4,7H,2,5-6,11H2,1H3. The lowest BCUT2D eigenvalue weighted by Crippen LogP contribution is -2.47. The van der Waals surface area contributed by atoms with Gasteiger partial charge in [-0.3, -0.25) is 0 Å². The van der Waals surface area contributed by atoms with Gasteiger partial charge in [-0.05, 0) is 6.92 Å². The van der Waals surface area contributed by atoms with Gasteiger partial charge in [-0.2, -0.15) is 0 Å². The molecule has 0 atom stereocenters. The van der Waals surface area contributed by atoms with Gasteiger partial charge in [-0.1, -0.05) is 0 Å². The molecule has 0 amide bonds. The van der Waals surface area contributed by atoms with Crippen LogP contribution >= 0.6 is 0 Å². The Morgan fingerprint density at radius 3 is 3.00 bits per heavy atom. The molecular weight excluding hydrogens is 169 g/mol. The van der Waals surface area contributed by atoms with Crippen LogP contribution < -0.4 is 5.73 Å². The lowest BCUT2D eigenvalue weighted by molar-refractivity contribution is 0.0277. The van der Waals surface area contributed by atoms with Crippen molar-refractivity contribution in [3.05, 3.63) is 18.2 Å². The fourth-order valence-corrected chi connectivity index (χ4v) is 1.91. The van der Waals surface area contributed by atoms with Gasteiger partial charge in [0.2, 0.25) is 0 Å². The van der Waals surface area contributed by atoms with Crippen LogP contribution in [0.2, 0.25) is 0 Å². The molecule has 0 aromatic carbocycles. The Kier molecular flexibility index (Phi) is 1.87. The number of nitrogens with zero attached hydrogens (tertiary/aromatic N) is 2. The predicted octanol–water partition coefficient (Wildman–Crippen LogP) is 1.19. The second-order valence-electron chi connectivity index (χ2n) is 3.67. The molecule has 1 heterocycles. The molecule has 1 aliphatic rings. The molecule has 3 nitrogen and oxygen atoms in total. The molecular formula is C9H14FN3. The van der Waals surface area contributed by atoms with Crippen LogP contribution in [0.25, 0.3) is 0 Å². The van der Waals surface area contributed by atoms with Crippen LogP contribution in [0.3, 0.4) is 0 Å². The molecule has 1 fully saturated rings. The molecule has 2 rings (SSSR count). The average Bonchev–Trinajstić information content (AvgIpc) is 2.48. The van der Waals surface area contributed by atoms with E-state index in [9.17, 15) is 4.39 Å². The van der Waals surface area contributed by atoms with E-state index in [2.05, 4.69) is 4.98 Å². The Morgan fingerprint density at radius 1 is 1.77 bits per heavy atom. The quantitative estimate of drug-likeness (QED) is 0.748. The molecule has 4 heteroatoms. The van der Waals surface area contributed by atoms with Gasteiger partial charge in [0, 0.05) is 37.8 Å². The SMILES string of the molecule is CCn1ccnc1C1(F)CC(N)C1. The van der Waals surface area contributed by atoms with Crippen molar-refractivity contribution in [1.82, 2.24) is 9.55 Å². The lowest BCUT2D eigenvalue weighted by atomic mass is 9.77. The van der Waals surface area contributed by atoms with Crippen LogP contribution in [-0.4, -0.2) is 15.6 Å². The molecule has 0 radical (unpaired) electrons. The first-order valence-corrected chi connectivity index (χ1v) is 4.62. The van der Waals surface area contributed by atoms with Gasteiger partial charge in [-0.25, -0.2) is 9.37 Å². The van der Waals surface area contributed by atoms with Crippen LogP contribution in [0.4, 0.5) is 4.39 Å². The van der Waals surface area contributed by atoms with E-state index in [0.29, 0.717) is 18.7 Å². The minimum Gasteiger partial charge on any atom is -0.333 e. The van der Waals surface area contributed by atoms with Crippen LogP contribution in [-0.2, 0) is 12.2 Å². The minimum absolute atomic E-state index is 0.00649. The number of halogens is 1. The molecule has 1 aromatic rings. The second kappa shape index (κ2) is 2.80. The maximum Gasteiger partial charge on any atom is 0.171 e. The van der Waals surface area contributed by atoms with E-state index in [4.69, 9.17) is 5.73 Å². The van der Waals surface area contributed by atoms with Gasteiger partial charge in [0.1, 0.15) is 5.82 Å². The molecule has 1 aliphatic carbocycles. The van der Waals surface area contributed by atoms with Crippen molar-refractivity contribution in [3.63, 3.8) is 0 Å². The molecule has 1 aromatic heterocycles. The third-order valence-corrected chi connectivity index (χ3v) is 2.63. The molecule has 0 bridgehead atoms. The molecule has 0 saturated heterocycles. The normalized spacial score (nSPS) is 33.0. The van der Waals surface area contributed by atoms with Crippen molar-refractivity contribution >= 4 is 0 Å². The molecule has 0 aliphatic heterocycles. The van der Waals surface area contributed by atoms with E-state index >= 15 is 0 Å². The summed E-state index contributed by atoms with van der Waals surface area (Å²) < 4.78 is 15.8. The Bertz CT molecular complexity index is 302. The number of nitrogens with two attached hydrogens (primary N) is 1. The van der Waals surface area contributed by atoms with E-state index in [1.54, 1.807) is 12.4 Å². The highest BCUT2D eigenvalue weighted by molar-refractivity contribution is 5.13. The molecule has 72 valence electrons. The highest BCUT2D eigenvalue weighted by Crippen LogP contribution is 2.43. The number of alkyl halides is 1. The molecule has 0 spiro atoms. The topological polar surface area (TPSA) is 43.8 Å². The van der Waals surface area contributed by atoms with Crippen molar-refractivity contribution < 1.29 is 4.39 Å². The third kappa shape index (κ3) is 1.25. The summed E-state index contributed by atoms with van der Waals surface area (Å²) in [6.07, 6.45) is 4.26. The Balaban J connectivity index is 2.25. The van der Waals surface area contributed by atoms with Crippen molar-refractivity contribution in [1.29, 1.82) is 0 Å². The van der Waals surface area contributed by atoms with Gasteiger partial charge in [0.05, 0.1) is 0 Å². The number of hydrogen-bond donors (Lipinski definition) is 1. The average molecular weight is 183 g/mol. The van der Waals surface area contributed by atoms with Crippen molar-refractivity contribution in [2.45, 2.75) is 38.0 Å². The van der Waals surface area contributed by atoms with Crippen LogP contribution in [0.5, 0.6) is 0 Å². The third-order valence-electron chi connectivity index (χ3n) is 2.63. The molecule has 1 saturated carbocycles. The van der Waals surface area contributed by atoms with E-state index in [1.807, 2.05) is 11.5 Å². The van der Waals surface area contributed by atoms with Crippen molar-refractivity contribution in [2.24, 2.45) is 5.73 Å². The van der Waals surface area contributed by atoms with Crippen LogP contribution in [0.1, 0.15) is 25.6 Å². The van der Waals surface area contributed by atoms with Crippen LogP contribution in [0.15, 0.2) is 12.4 Å². The lowest BCUT2D eigenvalue weighted by Gasteiger charge is -2.38. The zero-order chi connectivity index (χ0) is 9.47. The number of rotatable bonds is 2. The Labute approximate surface area is 76.8 Å². The van der Waals surface area contributed by atoms with Gasteiger partial charge in [0.15, 0.2) is 5.67 Å². The van der Waals surface area contributed by atoms with E-state index in [1.165, 1.54) is 0 Å². The zero-order valence-corrected chi connectivity index (χ0v) is 7.70. The highest BCUT2D eigenvalue weighted by Gasteiger charge is 2.47. The maximum absolute atomic E-state index is 14.0. The maximum atomic E-state index is 14.0. The highest BCUT2D eigenvalue weighted by atomic mass is 19.1. The van der Waals surface area contributed by atoms with E-state index in [0.717, 1.165) is 6.54 Å². The summed E-state index contributed by atoms with van der Waals surface area (Å²) in [5, 5.41) is 0. The first-order valence-electron chi connectivity index (χ1n) is 4.62. The summed E-state index contributed by atoms with van der Waals surface area (Å²) in [6, 6.07) is 0.00649. The summed E-state index contributed by atoms with van der Waals surface area (Å²) in [4.78, 5) is 4.05. The summed E-state index contributed by atoms with van der Waals surface area (Å²) in [7, 11) is 0. The first kappa shape index (κ1) is 8.69. The fraction of sp³-hybridized carbons (Fsp3) is 0.667. The summed E-state index contributed by atoms with van der Waals surface area (Å²) in [6.45, 7) is 2.74. The predicted molar refractivity (Wildman–Crippen MR) is 47.9 cm³/mol. The first-order chi connectivity index (χ1) is 6.15. The van der Waals surface area contributed by atoms with Gasteiger partial charge in [0.25, 0.3) is 0 Å². The molecule has 0 unspecified atom stereocenters. The van der Waals surface area contributed by atoms with Crippen molar-refractivity contribution in [3.8, 4) is 0 Å².